The predicted octanol–water partition coefficient (Wildman–Crippen LogP) is -1.56. The second-order valence-corrected chi connectivity index (χ2v) is 7.49. The van der Waals surface area contributed by atoms with Crippen LogP contribution in [0.4, 0.5) is 0 Å². The number of hydrogen-bond donors (Lipinski definition) is 3. The SMILES string of the molecule is NC(O)COCCOCCOCCOCCOCCOCCOCCOCCOCCOCCOCCO. The van der Waals surface area contributed by atoms with Gasteiger partial charge in [-0.05, 0) is 0 Å². The molecule has 14 nitrogen and oxygen atoms in total. The summed E-state index contributed by atoms with van der Waals surface area (Å²) in [4.78, 5) is 0. The lowest BCUT2D eigenvalue weighted by Crippen LogP contribution is -2.26. The molecule has 0 saturated heterocycles. The normalized spacial score (nSPS) is 12.4. The first-order valence-corrected chi connectivity index (χ1v) is 13.2. The third-order valence-electron chi connectivity index (χ3n) is 4.24. The molecule has 0 aliphatic carbocycles. The zero-order chi connectivity index (χ0) is 27.6. The van der Waals surface area contributed by atoms with Crippen molar-refractivity contribution >= 4 is 0 Å². The van der Waals surface area contributed by atoms with E-state index in [4.69, 9.17) is 68.1 Å². The highest BCUT2D eigenvalue weighted by Crippen LogP contribution is 1.87. The van der Waals surface area contributed by atoms with Crippen LogP contribution in [0.2, 0.25) is 0 Å². The minimum absolute atomic E-state index is 0.0235. The van der Waals surface area contributed by atoms with Gasteiger partial charge in [0.15, 0.2) is 0 Å². The first-order valence-electron chi connectivity index (χ1n) is 13.2. The Morgan fingerprint density at radius 3 is 0.711 bits per heavy atom. The van der Waals surface area contributed by atoms with Crippen LogP contribution in [0.3, 0.4) is 0 Å². The van der Waals surface area contributed by atoms with Gasteiger partial charge in [-0.15, -0.1) is 0 Å². The van der Waals surface area contributed by atoms with E-state index < -0.39 is 6.23 Å². The molecular formula is C24H51NO13. The summed E-state index contributed by atoms with van der Waals surface area (Å²) in [5.41, 5.74) is 5.14. The van der Waals surface area contributed by atoms with Crippen LogP contribution in [0.1, 0.15) is 0 Å². The smallest absolute Gasteiger partial charge is 0.126 e. The molecule has 0 aliphatic heterocycles. The Balaban J connectivity index is 3.02. The molecule has 0 aromatic rings. The lowest BCUT2D eigenvalue weighted by atomic mass is 10.6. The van der Waals surface area contributed by atoms with E-state index in [-0.39, 0.29) is 13.2 Å². The van der Waals surface area contributed by atoms with Gasteiger partial charge < -0.3 is 68.1 Å². The molecule has 0 rings (SSSR count). The Bertz CT molecular complexity index is 425. The van der Waals surface area contributed by atoms with Crippen LogP contribution in [0.25, 0.3) is 0 Å². The van der Waals surface area contributed by atoms with E-state index in [9.17, 15) is 0 Å². The molecule has 0 amide bonds. The van der Waals surface area contributed by atoms with Crippen molar-refractivity contribution in [2.24, 2.45) is 5.73 Å². The second-order valence-electron chi connectivity index (χ2n) is 7.49. The fourth-order valence-corrected chi connectivity index (χ4v) is 2.47. The Labute approximate surface area is 226 Å². The number of aliphatic hydroxyl groups excluding tert-OH is 2. The van der Waals surface area contributed by atoms with Gasteiger partial charge in [-0.25, -0.2) is 0 Å². The summed E-state index contributed by atoms with van der Waals surface area (Å²) in [5, 5.41) is 17.4. The first kappa shape index (κ1) is 37.4. The Kier molecular flexibility index (Phi) is 34.0. The van der Waals surface area contributed by atoms with Crippen LogP contribution in [0.5, 0.6) is 0 Å². The molecule has 0 aromatic carbocycles. The van der Waals surface area contributed by atoms with Crippen molar-refractivity contribution < 1.29 is 62.3 Å². The number of rotatable bonds is 34. The standard InChI is InChI=1S/C24H51NO13/c25-24(27)23-38-22-21-37-20-19-36-18-17-35-16-15-34-14-13-33-12-11-32-10-9-31-8-7-30-6-5-29-4-3-28-2-1-26/h24,26-27H,1-23,25H2. The summed E-state index contributed by atoms with van der Waals surface area (Å²) in [7, 11) is 0. The topological polar surface area (TPSA) is 168 Å². The van der Waals surface area contributed by atoms with Crippen molar-refractivity contribution in [3.05, 3.63) is 0 Å². The molecule has 4 N–H and O–H groups in total. The van der Waals surface area contributed by atoms with E-state index in [1.165, 1.54) is 0 Å². The van der Waals surface area contributed by atoms with Gasteiger partial charge in [0.05, 0.1) is 152 Å². The molecule has 0 aromatic heterocycles. The monoisotopic (exact) mass is 561 g/mol. The van der Waals surface area contributed by atoms with Crippen molar-refractivity contribution in [3.63, 3.8) is 0 Å². The molecule has 0 saturated carbocycles. The van der Waals surface area contributed by atoms with Crippen LogP contribution < -0.4 is 5.73 Å². The van der Waals surface area contributed by atoms with Crippen molar-refractivity contribution in [2.75, 3.05) is 152 Å². The highest BCUT2D eigenvalue weighted by Gasteiger charge is 1.97. The Morgan fingerprint density at radius 1 is 0.342 bits per heavy atom. The summed E-state index contributed by atoms with van der Waals surface area (Å²) in [6, 6.07) is 0. The third-order valence-corrected chi connectivity index (χ3v) is 4.24. The molecule has 14 heteroatoms. The van der Waals surface area contributed by atoms with Gasteiger partial charge in [0.2, 0.25) is 0 Å². The molecule has 1 unspecified atom stereocenters. The van der Waals surface area contributed by atoms with Crippen molar-refractivity contribution in [1.82, 2.24) is 0 Å². The van der Waals surface area contributed by atoms with E-state index in [1.807, 2.05) is 0 Å². The van der Waals surface area contributed by atoms with Gasteiger partial charge in [0.1, 0.15) is 6.23 Å². The van der Waals surface area contributed by atoms with Gasteiger partial charge in [-0.1, -0.05) is 0 Å². The largest absolute Gasteiger partial charge is 0.394 e. The minimum atomic E-state index is -0.953. The molecule has 230 valence electrons. The second kappa shape index (κ2) is 34.5. The fraction of sp³-hybridized carbons (Fsp3) is 1.00. The zero-order valence-electron chi connectivity index (χ0n) is 22.8. The Morgan fingerprint density at radius 2 is 0.526 bits per heavy atom. The van der Waals surface area contributed by atoms with Gasteiger partial charge in [-0.3, -0.25) is 0 Å². The van der Waals surface area contributed by atoms with Crippen molar-refractivity contribution in [2.45, 2.75) is 6.23 Å². The van der Waals surface area contributed by atoms with Gasteiger partial charge >= 0.3 is 0 Å². The summed E-state index contributed by atoms with van der Waals surface area (Å²) in [5.74, 6) is 0. The highest BCUT2D eigenvalue weighted by molar-refractivity contribution is 4.40. The molecule has 38 heavy (non-hydrogen) atoms. The fourth-order valence-electron chi connectivity index (χ4n) is 2.47. The third kappa shape index (κ3) is 35.4. The van der Waals surface area contributed by atoms with E-state index >= 15 is 0 Å². The van der Waals surface area contributed by atoms with Crippen LogP contribution in [-0.4, -0.2) is 168 Å². The van der Waals surface area contributed by atoms with Crippen LogP contribution in [0, 0.1) is 0 Å². The minimum Gasteiger partial charge on any atom is -0.394 e. The van der Waals surface area contributed by atoms with Gasteiger partial charge in [-0.2, -0.15) is 0 Å². The van der Waals surface area contributed by atoms with Crippen LogP contribution in [-0.2, 0) is 52.1 Å². The van der Waals surface area contributed by atoms with Crippen molar-refractivity contribution in [3.8, 4) is 0 Å². The number of ether oxygens (including phenoxy) is 11. The molecule has 0 aliphatic rings. The van der Waals surface area contributed by atoms with Crippen molar-refractivity contribution in [1.29, 1.82) is 0 Å². The lowest BCUT2D eigenvalue weighted by Gasteiger charge is -2.09. The van der Waals surface area contributed by atoms with Crippen LogP contribution in [0.15, 0.2) is 0 Å². The molecule has 0 bridgehead atoms. The predicted molar refractivity (Wildman–Crippen MR) is 136 cm³/mol. The Hall–Kier alpha value is -0.560. The van der Waals surface area contributed by atoms with E-state index in [1.54, 1.807) is 0 Å². The quantitative estimate of drug-likeness (QED) is 0.0609. The van der Waals surface area contributed by atoms with Crippen LogP contribution >= 0.6 is 0 Å². The molecule has 0 fully saturated rings. The first-order chi connectivity index (χ1) is 18.8. The highest BCUT2D eigenvalue weighted by atomic mass is 16.6. The summed E-state index contributed by atoms with van der Waals surface area (Å²) in [6.45, 7) is 10.1. The average molecular weight is 562 g/mol. The zero-order valence-corrected chi connectivity index (χ0v) is 22.8. The summed E-state index contributed by atoms with van der Waals surface area (Å²) >= 11 is 0. The molecule has 1 atom stereocenters. The van der Waals surface area contributed by atoms with Gasteiger partial charge in [0.25, 0.3) is 0 Å². The van der Waals surface area contributed by atoms with E-state index in [0.29, 0.717) is 139 Å². The number of hydrogen-bond acceptors (Lipinski definition) is 14. The van der Waals surface area contributed by atoms with E-state index in [0.717, 1.165) is 0 Å². The van der Waals surface area contributed by atoms with Gasteiger partial charge in [0, 0.05) is 0 Å². The maximum absolute atomic E-state index is 8.82. The lowest BCUT2D eigenvalue weighted by molar-refractivity contribution is -0.0293. The average Bonchev–Trinajstić information content (AvgIpc) is 2.91. The summed E-state index contributed by atoms with van der Waals surface area (Å²) < 4.78 is 58.6. The van der Waals surface area contributed by atoms with E-state index in [2.05, 4.69) is 0 Å². The maximum atomic E-state index is 8.82. The molecule has 0 spiro atoms. The maximum Gasteiger partial charge on any atom is 0.126 e. The number of aliphatic hydroxyl groups is 2. The molecule has 0 radical (unpaired) electrons. The summed E-state index contributed by atoms with van der Waals surface area (Å²) in [6.07, 6.45) is -0.953. The molecule has 0 heterocycles. The number of nitrogens with two attached hydrogens (primary N) is 1. The molecular weight excluding hydrogens is 510 g/mol.